The molecule has 4 amide bonds. The van der Waals surface area contributed by atoms with Crippen molar-refractivity contribution in [1.29, 1.82) is 0 Å². The summed E-state index contributed by atoms with van der Waals surface area (Å²) < 4.78 is 5.79. The predicted molar refractivity (Wildman–Crippen MR) is 317 cm³/mol. The van der Waals surface area contributed by atoms with E-state index < -0.39 is 135 Å². The third-order valence-electron chi connectivity index (χ3n) is 18.1. The van der Waals surface area contributed by atoms with Gasteiger partial charge in [0.15, 0.2) is 11.4 Å². The van der Waals surface area contributed by atoms with Crippen molar-refractivity contribution in [3.05, 3.63) is 56.8 Å². The first kappa shape index (κ1) is 70.2. The minimum atomic E-state index is -2.89. The Bertz CT molecular complexity index is 2890. The molecule has 8 aliphatic rings. The average Bonchev–Trinajstić information content (AvgIpc) is 1.38. The fourth-order valence-electron chi connectivity index (χ4n) is 13.8. The Morgan fingerprint density at radius 3 is 2.16 bits per heavy atom. The highest BCUT2D eigenvalue weighted by atomic mass is 35.5. The van der Waals surface area contributed by atoms with Gasteiger partial charge in [-0.1, -0.05) is 39.3 Å². The van der Waals surface area contributed by atoms with E-state index in [2.05, 4.69) is 17.6 Å². The second kappa shape index (κ2) is 27.4. The maximum Gasteiger partial charge on any atom is 0.353 e. The van der Waals surface area contributed by atoms with Gasteiger partial charge in [0.25, 0.3) is 5.91 Å². The van der Waals surface area contributed by atoms with Crippen molar-refractivity contribution in [2.75, 3.05) is 54.6 Å². The van der Waals surface area contributed by atoms with Crippen LogP contribution in [0.2, 0.25) is 0 Å². The van der Waals surface area contributed by atoms with E-state index in [0.29, 0.717) is 29.4 Å². The number of carbonyl (C=O) groups excluding carboxylic acids is 6. The molecule has 9 rings (SSSR count). The van der Waals surface area contributed by atoms with Gasteiger partial charge in [-0.25, -0.2) is 4.79 Å². The van der Waals surface area contributed by atoms with Gasteiger partial charge in [-0.15, -0.1) is 35.1 Å². The van der Waals surface area contributed by atoms with Gasteiger partial charge in [-0.3, -0.25) is 38.6 Å². The number of benzene rings is 1. The van der Waals surface area contributed by atoms with Gasteiger partial charge in [-0.05, 0) is 84.0 Å². The summed E-state index contributed by atoms with van der Waals surface area (Å²) in [6.45, 7) is 10.5. The molecule has 4 saturated heterocycles. The quantitative estimate of drug-likeness (QED) is 0.0588. The number of β-lactam (4-membered cyclic amide) rings is 1. The van der Waals surface area contributed by atoms with E-state index >= 15 is 0 Å². The fraction of sp³-hybridized carbons (Fsp3) is 0.667. The third-order valence-corrected chi connectivity index (χ3v) is 20.7. The monoisotopic (exact) mass is 1270 g/mol. The van der Waals surface area contributed by atoms with Crippen LogP contribution < -0.4 is 16.4 Å². The molecule has 0 radical (unpaired) electrons. The van der Waals surface area contributed by atoms with Crippen LogP contribution in [0.25, 0.3) is 5.76 Å². The van der Waals surface area contributed by atoms with Crippen LogP contribution in [0, 0.1) is 29.6 Å². The number of amides is 4. The zero-order valence-electron chi connectivity index (χ0n) is 49.8. The highest BCUT2D eigenvalue weighted by Crippen LogP contribution is 2.56. The number of nitrogens with one attached hydrogen (secondary N) is 2. The third kappa shape index (κ3) is 12.4. The summed E-state index contributed by atoms with van der Waals surface area (Å²) in [6.07, 6.45) is -1.88. The van der Waals surface area contributed by atoms with Crippen LogP contribution >= 0.6 is 35.1 Å². The summed E-state index contributed by atoms with van der Waals surface area (Å²) >= 11 is 8.99. The van der Waals surface area contributed by atoms with Crippen LogP contribution in [0.3, 0.4) is 0 Å². The van der Waals surface area contributed by atoms with E-state index in [1.54, 1.807) is 58.2 Å². The number of aliphatic hydroxyl groups excluding tert-OH is 7. The van der Waals surface area contributed by atoms with E-state index in [1.165, 1.54) is 53.5 Å². The Kier molecular flexibility index (Phi) is 22.4. The lowest BCUT2D eigenvalue weighted by molar-refractivity contribution is -0.205. The summed E-state index contributed by atoms with van der Waals surface area (Å²) in [6, 6.07) is 1.63. The lowest BCUT2D eigenvalue weighted by atomic mass is 9.54. The second-order valence-electron chi connectivity index (χ2n) is 24.0. The van der Waals surface area contributed by atoms with Crippen molar-refractivity contribution < 1.29 is 94.8 Å². The van der Waals surface area contributed by atoms with Crippen LogP contribution in [-0.4, -0.2) is 260 Å². The average molecular weight is 1270 g/mol. The van der Waals surface area contributed by atoms with Crippen molar-refractivity contribution >= 4 is 82.0 Å². The molecule has 0 spiro atoms. The second-order valence-corrected chi connectivity index (χ2v) is 26.9. The number of nitrogens with zero attached hydrogens (tertiary/aromatic N) is 4. The Morgan fingerprint density at radius 1 is 0.977 bits per heavy atom. The number of aromatic hydroxyl groups is 1. The van der Waals surface area contributed by atoms with Crippen LogP contribution in [-0.2, 0) is 38.3 Å². The van der Waals surface area contributed by atoms with Crippen molar-refractivity contribution in [2.24, 2.45) is 35.3 Å². The predicted octanol–water partition coefficient (Wildman–Crippen LogP) is -1.25. The Labute approximate surface area is 512 Å². The largest absolute Gasteiger partial charge is 0.508 e. The van der Waals surface area contributed by atoms with E-state index in [4.69, 9.17) is 22.1 Å². The van der Waals surface area contributed by atoms with E-state index in [-0.39, 0.29) is 69.5 Å². The number of aliphatic carboxylic acids is 1. The Morgan fingerprint density at radius 2 is 1.62 bits per heavy atom. The van der Waals surface area contributed by atoms with Crippen LogP contribution in [0.15, 0.2) is 45.7 Å². The number of likely N-dealkylation sites (N-methyl/N-ethyl adjacent to an activating group) is 3. The zero-order chi connectivity index (χ0) is 63.5. The highest BCUT2D eigenvalue weighted by Gasteiger charge is 2.68. The summed E-state index contributed by atoms with van der Waals surface area (Å²) in [5, 5.41) is 111. The molecule has 16 N–H and O–H groups in total. The molecule has 26 nitrogen and oxygen atoms in total. The number of primary amides is 1. The number of fused-ring (bicyclic) bond motifs is 4. The number of aliphatic hydroxyl groups is 8. The Balaban J connectivity index is 0.000000207. The molecular formula is C57H84ClN7O19S2. The van der Waals surface area contributed by atoms with E-state index in [0.717, 1.165) is 25.8 Å². The standard InChI is InChI=1S/C22H24N2O8.C18H33ClN2O5S.C17H25N3O5S.H2O/c1-7-8-5-4-6-9(25)11(8)16(26)12-10(7)17(27)14-15(24(2)3)18(28)13(21(23)31)20(30)22(14,32)19(12)29;1-5-6-10-7-11(21(3)8-10)17(25)20-12(9(2)19)16-14(23)13(22)15(24)18(26-16)27-4;1-7-12-11(8(2)21)16(23)20(12)13(17(24)25)14(7)26-9-5-10(18-6-9)15(22)19(3)4;/h4-7,10,14-15,17,25-27,30,32H,1-3H3,(H2,23,31);9-16,18,22-24H,5-8H2,1-4H3,(H,20,25);7-12,18,21H,5-6H2,1-4H3,(H,24,25);1H2/t7-,10+,14+,15-,17-,22-;9-,10+,11-,12+,13-,14+,15+,16+,18+;7-,8-,9+,10+,11-,12-;/m001./s1. The first-order valence-electron chi connectivity index (χ1n) is 28.3. The number of ether oxygens (including phenoxy) is 1. The molecule has 1 aromatic carbocycles. The zero-order valence-corrected chi connectivity index (χ0v) is 52.2. The molecule has 5 aliphatic heterocycles. The van der Waals surface area contributed by atoms with Gasteiger partial charge in [-0.2, -0.15) is 0 Å². The molecule has 29 heteroatoms. The first-order valence-corrected chi connectivity index (χ1v) is 30.9. The van der Waals surface area contributed by atoms with Gasteiger partial charge < -0.3 is 87.4 Å². The van der Waals surface area contributed by atoms with E-state index in [9.17, 15) is 84.6 Å². The number of nitrogens with two attached hydrogens (primary N) is 1. The highest BCUT2D eigenvalue weighted by molar-refractivity contribution is 8.03. The van der Waals surface area contributed by atoms with Gasteiger partial charge in [0.2, 0.25) is 23.5 Å². The first-order chi connectivity index (χ1) is 39.7. The number of Topliss-reactive ketones (excluding diaryl/α,β-unsaturated/α-hetero) is 2. The summed E-state index contributed by atoms with van der Waals surface area (Å²) in [4.78, 5) is 94.7. The lowest BCUT2D eigenvalue weighted by Gasteiger charge is -2.53. The van der Waals surface area contributed by atoms with Gasteiger partial charge >= 0.3 is 5.97 Å². The number of alkyl halides is 1. The molecule has 0 bridgehead atoms. The van der Waals surface area contributed by atoms with Gasteiger partial charge in [0.05, 0.1) is 65.2 Å². The molecule has 5 heterocycles. The lowest BCUT2D eigenvalue weighted by Crippen LogP contribution is -2.70. The normalized spacial score (nSPS) is 35.8. The van der Waals surface area contributed by atoms with Crippen LogP contribution in [0.1, 0.15) is 77.3 Å². The van der Waals surface area contributed by atoms with Crippen LogP contribution in [0.4, 0.5) is 0 Å². The number of carbonyl (C=O) groups is 7. The number of ketones is 2. The smallest absolute Gasteiger partial charge is 0.353 e. The molecule has 3 aliphatic carbocycles. The van der Waals surface area contributed by atoms with Crippen molar-refractivity contribution in [1.82, 2.24) is 30.2 Å². The fourth-order valence-corrected chi connectivity index (χ4v) is 16.2. The van der Waals surface area contributed by atoms with Crippen LogP contribution in [0.5, 0.6) is 5.75 Å². The van der Waals surface area contributed by atoms with Gasteiger partial charge in [0.1, 0.15) is 58.4 Å². The topological polar surface area (TPSA) is 426 Å². The van der Waals surface area contributed by atoms with Crippen molar-refractivity contribution in [3.8, 4) is 5.75 Å². The minimum Gasteiger partial charge on any atom is -0.508 e. The molecule has 5 fully saturated rings. The number of hydrogen-bond acceptors (Lipinski definition) is 22. The number of rotatable bonds is 14. The molecule has 1 saturated carbocycles. The maximum atomic E-state index is 13.7. The summed E-state index contributed by atoms with van der Waals surface area (Å²) in [7, 11) is 8.28. The molecule has 21 atom stereocenters. The number of hydrogen-bond donors (Lipinski definition) is 13. The SMILES string of the molecule is CCC[C@@H]1C[C@@H](C(=O)N[C@@H]([C@H]2O[C@H](SC)[C@H](O)[C@@H](O)[C@H]2O)[C@H](C)Cl)N(C)C1.C[C@@H](O)[C@H]1C(=O)N2C(C(=O)O)=C(S[C@@H]3CN[C@H](C(=O)N(C)C)C3)[C@H](C)[C@H]12.C[C@H]1c2cccc(O)c2C(O)=C2C(=O)[C@]3(O)C(O)=C(C(N)=O)C(=O)[C@@H](N(C)C)[C@@H]3[C@@H](O)[C@@H]21.O. The number of carboxylic acid groups (broad SMARTS) is 1. The molecule has 480 valence electrons. The summed E-state index contributed by atoms with van der Waals surface area (Å²) in [5.74, 6) is -10.7. The number of thioether (sulfide) groups is 2. The number of phenolic OH excluding ortho intramolecular Hbond substituents is 1. The molecule has 0 unspecified atom stereocenters. The Hall–Kier alpha value is -4.92. The summed E-state index contributed by atoms with van der Waals surface area (Å²) in [5.41, 5.74) is 0.805. The van der Waals surface area contributed by atoms with E-state index in [1.807, 2.05) is 18.9 Å². The number of carboxylic acids is 1. The van der Waals surface area contributed by atoms with Crippen molar-refractivity contribution in [2.45, 2.75) is 155 Å². The molecule has 0 aromatic heterocycles. The number of phenols is 1. The number of halogens is 1. The maximum absolute atomic E-state index is 13.7. The molecule has 86 heavy (non-hydrogen) atoms. The van der Waals surface area contributed by atoms with Crippen molar-refractivity contribution in [3.63, 3.8) is 0 Å². The van der Waals surface area contributed by atoms with Gasteiger partial charge in [0, 0.05) is 54.7 Å². The molecular weight excluding hydrogens is 1190 g/mol. The minimum absolute atomic E-state index is 0. The molecule has 1 aromatic rings. The number of likely N-dealkylation sites (tertiary alicyclic amines) is 1.